The SMILES string of the molecule is CCCc1cc(C(=O)Nc2cc(C)cc(Br)c2)cc(N)n1. The molecule has 0 unspecified atom stereocenters. The summed E-state index contributed by atoms with van der Waals surface area (Å²) in [4.78, 5) is 16.6. The lowest BCUT2D eigenvalue weighted by Crippen LogP contribution is -2.13. The molecule has 2 rings (SSSR count). The molecular formula is C16H18BrN3O. The standard InChI is InChI=1S/C16H18BrN3O/c1-3-4-13-7-11(8-15(18)19-13)16(21)20-14-6-10(2)5-12(17)9-14/h5-9H,3-4H2,1-2H3,(H2,18,19)(H,20,21). The second kappa shape index (κ2) is 6.72. The highest BCUT2D eigenvalue weighted by Crippen LogP contribution is 2.20. The Kier molecular flexibility index (Phi) is 4.96. The van der Waals surface area contributed by atoms with Crippen molar-refractivity contribution in [2.24, 2.45) is 0 Å². The number of aryl methyl sites for hydroxylation is 2. The molecule has 1 aromatic carbocycles. The summed E-state index contributed by atoms with van der Waals surface area (Å²) in [6, 6.07) is 9.15. The van der Waals surface area contributed by atoms with E-state index in [1.54, 1.807) is 12.1 Å². The average Bonchev–Trinajstić information content (AvgIpc) is 2.37. The summed E-state index contributed by atoms with van der Waals surface area (Å²) in [6.45, 7) is 4.04. The summed E-state index contributed by atoms with van der Waals surface area (Å²) in [6.07, 6.45) is 1.77. The van der Waals surface area contributed by atoms with Crippen LogP contribution in [0.25, 0.3) is 0 Å². The van der Waals surface area contributed by atoms with E-state index >= 15 is 0 Å². The van der Waals surface area contributed by atoms with Gasteiger partial charge in [-0.1, -0.05) is 29.3 Å². The van der Waals surface area contributed by atoms with E-state index in [1.165, 1.54) is 0 Å². The normalized spacial score (nSPS) is 10.4. The molecule has 0 saturated carbocycles. The molecule has 3 N–H and O–H groups in total. The summed E-state index contributed by atoms with van der Waals surface area (Å²) in [5.41, 5.74) is 8.96. The number of halogens is 1. The van der Waals surface area contributed by atoms with Gasteiger partial charge >= 0.3 is 0 Å². The fourth-order valence-corrected chi connectivity index (χ4v) is 2.75. The first-order valence-corrected chi connectivity index (χ1v) is 7.62. The van der Waals surface area contributed by atoms with Crippen LogP contribution in [0.15, 0.2) is 34.8 Å². The number of rotatable bonds is 4. The molecular weight excluding hydrogens is 330 g/mol. The Hall–Kier alpha value is -1.88. The molecule has 0 bridgehead atoms. The van der Waals surface area contributed by atoms with Crippen molar-refractivity contribution in [1.29, 1.82) is 0 Å². The predicted molar refractivity (Wildman–Crippen MR) is 89.5 cm³/mol. The third-order valence-corrected chi connectivity index (χ3v) is 3.42. The van der Waals surface area contributed by atoms with Gasteiger partial charge < -0.3 is 11.1 Å². The number of anilines is 2. The Bertz CT molecular complexity index is 650. The number of benzene rings is 1. The number of amides is 1. The first-order valence-electron chi connectivity index (χ1n) is 6.83. The van der Waals surface area contributed by atoms with Crippen LogP contribution in [0.1, 0.15) is 35.0 Å². The van der Waals surface area contributed by atoms with Crippen molar-refractivity contribution < 1.29 is 4.79 Å². The van der Waals surface area contributed by atoms with Crippen molar-refractivity contribution in [2.45, 2.75) is 26.7 Å². The summed E-state index contributed by atoms with van der Waals surface area (Å²) in [7, 11) is 0. The van der Waals surface area contributed by atoms with Gasteiger partial charge in [-0.05, 0) is 49.2 Å². The highest BCUT2D eigenvalue weighted by atomic mass is 79.9. The van der Waals surface area contributed by atoms with E-state index in [-0.39, 0.29) is 5.91 Å². The number of nitrogens with two attached hydrogens (primary N) is 1. The maximum atomic E-state index is 12.3. The second-order valence-corrected chi connectivity index (χ2v) is 5.91. The van der Waals surface area contributed by atoms with Crippen LogP contribution in [0, 0.1) is 6.92 Å². The zero-order valence-electron chi connectivity index (χ0n) is 12.1. The van der Waals surface area contributed by atoms with E-state index in [1.807, 2.05) is 25.1 Å². The van der Waals surface area contributed by atoms with Crippen LogP contribution in [-0.4, -0.2) is 10.9 Å². The van der Waals surface area contributed by atoms with Crippen LogP contribution in [0.3, 0.4) is 0 Å². The molecule has 0 aliphatic heterocycles. The van der Waals surface area contributed by atoms with E-state index < -0.39 is 0 Å². The number of nitrogen functional groups attached to an aromatic ring is 1. The Labute approximate surface area is 132 Å². The highest BCUT2D eigenvalue weighted by molar-refractivity contribution is 9.10. The minimum atomic E-state index is -0.182. The Morgan fingerprint density at radius 3 is 2.71 bits per heavy atom. The lowest BCUT2D eigenvalue weighted by Gasteiger charge is -2.09. The summed E-state index contributed by atoms with van der Waals surface area (Å²) >= 11 is 3.42. The van der Waals surface area contributed by atoms with Crippen LogP contribution in [0.4, 0.5) is 11.5 Å². The quantitative estimate of drug-likeness (QED) is 0.879. The molecule has 1 aromatic heterocycles. The van der Waals surface area contributed by atoms with E-state index in [0.717, 1.165) is 34.3 Å². The fraction of sp³-hybridized carbons (Fsp3) is 0.250. The Morgan fingerprint density at radius 2 is 2.05 bits per heavy atom. The van der Waals surface area contributed by atoms with Crippen molar-refractivity contribution in [3.05, 3.63) is 51.6 Å². The Balaban J connectivity index is 2.23. The number of aromatic nitrogens is 1. The maximum absolute atomic E-state index is 12.3. The minimum absolute atomic E-state index is 0.182. The van der Waals surface area contributed by atoms with E-state index in [0.29, 0.717) is 11.4 Å². The molecule has 21 heavy (non-hydrogen) atoms. The molecule has 2 aromatic rings. The van der Waals surface area contributed by atoms with Gasteiger partial charge in [-0.25, -0.2) is 4.98 Å². The smallest absolute Gasteiger partial charge is 0.255 e. The molecule has 0 saturated heterocycles. The van der Waals surface area contributed by atoms with E-state index in [9.17, 15) is 4.79 Å². The molecule has 5 heteroatoms. The van der Waals surface area contributed by atoms with Crippen LogP contribution in [0.5, 0.6) is 0 Å². The number of nitrogens with one attached hydrogen (secondary N) is 1. The average molecular weight is 348 g/mol. The summed E-state index contributed by atoms with van der Waals surface area (Å²) in [5, 5.41) is 2.88. The van der Waals surface area contributed by atoms with Crippen LogP contribution >= 0.6 is 15.9 Å². The van der Waals surface area contributed by atoms with Crippen LogP contribution in [0.2, 0.25) is 0 Å². The molecule has 0 atom stereocenters. The molecule has 1 heterocycles. The predicted octanol–water partition coefficient (Wildman–Crippen LogP) is 3.94. The second-order valence-electron chi connectivity index (χ2n) is 4.99. The maximum Gasteiger partial charge on any atom is 0.255 e. The zero-order valence-corrected chi connectivity index (χ0v) is 13.7. The number of carbonyl (C=O) groups is 1. The van der Waals surface area contributed by atoms with Gasteiger partial charge in [0.15, 0.2) is 0 Å². The van der Waals surface area contributed by atoms with E-state index in [2.05, 4.69) is 33.2 Å². The number of pyridine rings is 1. The monoisotopic (exact) mass is 347 g/mol. The number of hydrogen-bond acceptors (Lipinski definition) is 3. The lowest BCUT2D eigenvalue weighted by molar-refractivity contribution is 0.102. The van der Waals surface area contributed by atoms with Gasteiger partial charge in [0.05, 0.1) is 0 Å². The van der Waals surface area contributed by atoms with Gasteiger partial charge in [-0.2, -0.15) is 0 Å². The molecule has 1 amide bonds. The van der Waals surface area contributed by atoms with Crippen molar-refractivity contribution >= 4 is 33.3 Å². The first kappa shape index (κ1) is 15.5. The molecule has 0 spiro atoms. The number of hydrogen-bond donors (Lipinski definition) is 2. The van der Waals surface area contributed by atoms with Gasteiger partial charge in [0.25, 0.3) is 5.91 Å². The van der Waals surface area contributed by atoms with Crippen molar-refractivity contribution in [1.82, 2.24) is 4.98 Å². The van der Waals surface area contributed by atoms with Crippen molar-refractivity contribution in [3.8, 4) is 0 Å². The molecule has 0 fully saturated rings. The van der Waals surface area contributed by atoms with E-state index in [4.69, 9.17) is 5.73 Å². The minimum Gasteiger partial charge on any atom is -0.384 e. The molecule has 0 aliphatic rings. The lowest BCUT2D eigenvalue weighted by atomic mass is 10.1. The van der Waals surface area contributed by atoms with Gasteiger partial charge in [0.2, 0.25) is 0 Å². The molecule has 0 radical (unpaired) electrons. The molecule has 4 nitrogen and oxygen atoms in total. The van der Waals surface area contributed by atoms with Crippen molar-refractivity contribution in [2.75, 3.05) is 11.1 Å². The van der Waals surface area contributed by atoms with Gasteiger partial charge in [-0.15, -0.1) is 0 Å². The molecule has 110 valence electrons. The van der Waals surface area contributed by atoms with Crippen LogP contribution < -0.4 is 11.1 Å². The largest absolute Gasteiger partial charge is 0.384 e. The van der Waals surface area contributed by atoms with Gasteiger partial charge in [0.1, 0.15) is 5.82 Å². The number of carbonyl (C=O) groups excluding carboxylic acids is 1. The van der Waals surface area contributed by atoms with Gasteiger partial charge in [0, 0.05) is 21.4 Å². The fourth-order valence-electron chi connectivity index (χ4n) is 2.14. The first-order chi connectivity index (χ1) is 9.97. The number of nitrogens with zero attached hydrogens (tertiary/aromatic N) is 1. The third kappa shape index (κ3) is 4.29. The van der Waals surface area contributed by atoms with Gasteiger partial charge in [-0.3, -0.25) is 4.79 Å². The molecule has 0 aliphatic carbocycles. The van der Waals surface area contributed by atoms with Crippen molar-refractivity contribution in [3.63, 3.8) is 0 Å². The third-order valence-electron chi connectivity index (χ3n) is 2.97. The summed E-state index contributed by atoms with van der Waals surface area (Å²) < 4.78 is 0.929. The summed E-state index contributed by atoms with van der Waals surface area (Å²) in [5.74, 6) is 0.190. The zero-order chi connectivity index (χ0) is 15.4. The topological polar surface area (TPSA) is 68.0 Å². The highest BCUT2D eigenvalue weighted by Gasteiger charge is 2.10. The Morgan fingerprint density at radius 1 is 1.29 bits per heavy atom. The van der Waals surface area contributed by atoms with Crippen LogP contribution in [-0.2, 0) is 6.42 Å².